The summed E-state index contributed by atoms with van der Waals surface area (Å²) < 4.78 is 10.7. The van der Waals surface area contributed by atoms with E-state index in [0.29, 0.717) is 31.0 Å². The molecule has 9 nitrogen and oxygen atoms in total. The molecule has 0 aliphatic carbocycles. The van der Waals surface area contributed by atoms with Crippen molar-refractivity contribution < 1.29 is 23.9 Å². The molecule has 0 spiro atoms. The minimum absolute atomic E-state index is 0.0192. The first-order chi connectivity index (χ1) is 17.6. The molecule has 36 heavy (non-hydrogen) atoms. The maximum Gasteiger partial charge on any atom is 0.325 e. The van der Waals surface area contributed by atoms with Gasteiger partial charge in [-0.05, 0) is 29.7 Å². The molecule has 1 atom stereocenters. The van der Waals surface area contributed by atoms with Gasteiger partial charge in [-0.1, -0.05) is 48.6 Å². The predicted octanol–water partition coefficient (Wildman–Crippen LogP) is 2.47. The predicted molar refractivity (Wildman–Crippen MR) is 133 cm³/mol. The summed E-state index contributed by atoms with van der Waals surface area (Å²) in [5, 5.41) is 2.72. The molecule has 188 valence electrons. The van der Waals surface area contributed by atoms with Gasteiger partial charge in [-0.2, -0.15) is 0 Å². The van der Waals surface area contributed by atoms with E-state index in [1.54, 1.807) is 12.1 Å². The number of imide groups is 1. The number of amides is 4. The second-order valence-electron chi connectivity index (χ2n) is 9.15. The van der Waals surface area contributed by atoms with Crippen molar-refractivity contribution in [2.75, 3.05) is 39.5 Å². The zero-order chi connectivity index (χ0) is 24.9. The smallest absolute Gasteiger partial charge is 0.325 e. The van der Waals surface area contributed by atoms with Crippen molar-refractivity contribution in [3.63, 3.8) is 0 Å². The molecule has 1 N–H and O–H groups in total. The highest BCUT2D eigenvalue weighted by atomic mass is 16.7. The molecule has 0 aromatic heterocycles. The van der Waals surface area contributed by atoms with Crippen LogP contribution in [0.3, 0.4) is 0 Å². The molecule has 2 fully saturated rings. The summed E-state index contributed by atoms with van der Waals surface area (Å²) >= 11 is 0. The van der Waals surface area contributed by atoms with Crippen molar-refractivity contribution in [2.24, 2.45) is 0 Å². The first-order valence-corrected chi connectivity index (χ1v) is 12.3. The number of piperazine rings is 1. The average Bonchev–Trinajstić information content (AvgIpc) is 3.48. The molecule has 3 heterocycles. The second-order valence-corrected chi connectivity index (χ2v) is 9.15. The van der Waals surface area contributed by atoms with Crippen LogP contribution in [-0.4, -0.2) is 78.1 Å². The van der Waals surface area contributed by atoms with E-state index in [1.807, 2.05) is 29.2 Å². The normalized spacial score (nSPS) is 19.8. The van der Waals surface area contributed by atoms with Crippen LogP contribution in [0.2, 0.25) is 0 Å². The highest BCUT2D eigenvalue weighted by Gasteiger charge is 2.38. The summed E-state index contributed by atoms with van der Waals surface area (Å²) in [4.78, 5) is 43.4. The lowest BCUT2D eigenvalue weighted by atomic mass is 10.1. The van der Waals surface area contributed by atoms with Crippen LogP contribution < -0.4 is 14.8 Å². The van der Waals surface area contributed by atoms with Crippen molar-refractivity contribution in [1.82, 2.24) is 20.0 Å². The maximum absolute atomic E-state index is 12.8. The standard InChI is InChI=1S/C27H30N4O5/c32-25(30-15-13-29(14-16-30)12-4-7-20-5-2-1-3-6-20)11-9-22-26(33)31(27(34)28-22)18-21-8-10-23-24(17-21)36-19-35-23/h1-8,10,17,22H,9,11-16,18-19H2,(H,28,34)/t22-/m0/s1. The lowest BCUT2D eigenvalue weighted by Gasteiger charge is -2.34. The third-order valence-corrected chi connectivity index (χ3v) is 6.73. The molecular weight excluding hydrogens is 460 g/mol. The van der Waals surface area contributed by atoms with Crippen LogP contribution in [0.25, 0.3) is 6.08 Å². The van der Waals surface area contributed by atoms with Crippen molar-refractivity contribution in [2.45, 2.75) is 25.4 Å². The van der Waals surface area contributed by atoms with E-state index in [9.17, 15) is 14.4 Å². The molecule has 9 heteroatoms. The fourth-order valence-corrected chi connectivity index (χ4v) is 4.65. The molecule has 4 amide bonds. The maximum atomic E-state index is 12.8. The van der Waals surface area contributed by atoms with E-state index in [0.717, 1.165) is 25.2 Å². The van der Waals surface area contributed by atoms with Crippen molar-refractivity contribution >= 4 is 23.9 Å². The Morgan fingerprint density at radius 3 is 2.58 bits per heavy atom. The molecule has 2 aromatic rings. The Balaban J connectivity index is 1.05. The van der Waals surface area contributed by atoms with Crippen LogP contribution >= 0.6 is 0 Å². The lowest BCUT2D eigenvalue weighted by Crippen LogP contribution is -2.48. The van der Waals surface area contributed by atoms with Crippen LogP contribution in [0.15, 0.2) is 54.6 Å². The third kappa shape index (κ3) is 5.52. The highest BCUT2D eigenvalue weighted by molar-refractivity contribution is 6.04. The Hall–Kier alpha value is -3.85. The fourth-order valence-electron chi connectivity index (χ4n) is 4.65. The summed E-state index contributed by atoms with van der Waals surface area (Å²) in [6, 6.07) is 14.4. The van der Waals surface area contributed by atoms with Gasteiger partial charge in [0.2, 0.25) is 12.7 Å². The molecule has 0 radical (unpaired) electrons. The largest absolute Gasteiger partial charge is 0.454 e. The van der Waals surface area contributed by atoms with Gasteiger partial charge in [0.05, 0.1) is 6.54 Å². The number of carbonyl (C=O) groups is 3. The number of fused-ring (bicyclic) bond motifs is 1. The van der Waals surface area contributed by atoms with Crippen LogP contribution in [-0.2, 0) is 16.1 Å². The molecule has 5 rings (SSSR count). The van der Waals surface area contributed by atoms with Crippen LogP contribution in [0.4, 0.5) is 4.79 Å². The minimum atomic E-state index is -0.681. The number of hydrogen-bond acceptors (Lipinski definition) is 6. The second kappa shape index (κ2) is 10.8. The zero-order valence-corrected chi connectivity index (χ0v) is 20.1. The average molecular weight is 491 g/mol. The molecule has 2 saturated heterocycles. The Labute approximate surface area is 210 Å². The minimum Gasteiger partial charge on any atom is -0.454 e. The summed E-state index contributed by atoms with van der Waals surface area (Å²) in [6.45, 7) is 4.11. The number of nitrogens with one attached hydrogen (secondary N) is 1. The lowest BCUT2D eigenvalue weighted by molar-refractivity contribution is -0.133. The number of benzene rings is 2. The summed E-state index contributed by atoms with van der Waals surface area (Å²) in [7, 11) is 0. The number of hydrogen-bond donors (Lipinski definition) is 1. The Morgan fingerprint density at radius 2 is 1.78 bits per heavy atom. The number of ether oxygens (including phenoxy) is 2. The van der Waals surface area contributed by atoms with Crippen molar-refractivity contribution in [3.05, 3.63) is 65.7 Å². The van der Waals surface area contributed by atoms with E-state index < -0.39 is 12.1 Å². The zero-order valence-electron chi connectivity index (χ0n) is 20.1. The monoisotopic (exact) mass is 490 g/mol. The van der Waals surface area contributed by atoms with Gasteiger partial charge in [0.25, 0.3) is 5.91 Å². The van der Waals surface area contributed by atoms with Crippen LogP contribution in [0, 0.1) is 0 Å². The summed E-state index contributed by atoms with van der Waals surface area (Å²) in [6.07, 6.45) is 4.78. The van der Waals surface area contributed by atoms with Gasteiger partial charge in [0.1, 0.15) is 6.04 Å². The van der Waals surface area contributed by atoms with E-state index in [2.05, 4.69) is 34.5 Å². The van der Waals surface area contributed by atoms with Crippen LogP contribution in [0.5, 0.6) is 11.5 Å². The van der Waals surface area contributed by atoms with Crippen molar-refractivity contribution in [1.29, 1.82) is 0 Å². The van der Waals surface area contributed by atoms with E-state index in [4.69, 9.17) is 9.47 Å². The number of rotatable bonds is 8. The van der Waals surface area contributed by atoms with E-state index in [1.165, 1.54) is 10.5 Å². The Kier molecular flexibility index (Phi) is 7.18. The molecule has 0 unspecified atom stereocenters. The molecule has 3 aliphatic heterocycles. The topological polar surface area (TPSA) is 91.4 Å². The van der Waals surface area contributed by atoms with Gasteiger partial charge in [0, 0.05) is 39.1 Å². The fraction of sp³-hybridized carbons (Fsp3) is 0.370. The quantitative estimate of drug-likeness (QED) is 0.572. The third-order valence-electron chi connectivity index (χ3n) is 6.73. The van der Waals surface area contributed by atoms with E-state index in [-0.39, 0.29) is 31.6 Å². The first-order valence-electron chi connectivity index (χ1n) is 12.3. The molecular formula is C27H30N4O5. The van der Waals surface area contributed by atoms with Gasteiger partial charge >= 0.3 is 6.03 Å². The van der Waals surface area contributed by atoms with Crippen LogP contribution in [0.1, 0.15) is 24.0 Å². The Bertz CT molecular complexity index is 1140. The highest BCUT2D eigenvalue weighted by Crippen LogP contribution is 2.33. The Morgan fingerprint density at radius 1 is 1.00 bits per heavy atom. The van der Waals surface area contributed by atoms with Gasteiger partial charge in [0.15, 0.2) is 11.5 Å². The van der Waals surface area contributed by atoms with Gasteiger partial charge in [-0.15, -0.1) is 0 Å². The van der Waals surface area contributed by atoms with Gasteiger partial charge in [-0.3, -0.25) is 19.4 Å². The summed E-state index contributed by atoms with van der Waals surface area (Å²) in [5.41, 5.74) is 1.95. The molecule has 0 bridgehead atoms. The SMILES string of the molecule is O=C(CC[C@@H]1NC(=O)N(Cc2ccc3c(c2)OCO3)C1=O)N1CCN(CC=Cc2ccccc2)CC1. The van der Waals surface area contributed by atoms with Crippen molar-refractivity contribution in [3.8, 4) is 11.5 Å². The number of carbonyl (C=O) groups excluding carboxylic acids is 3. The molecule has 3 aliphatic rings. The molecule has 2 aromatic carbocycles. The molecule has 0 saturated carbocycles. The summed E-state index contributed by atoms with van der Waals surface area (Å²) in [5.74, 6) is 0.970. The van der Waals surface area contributed by atoms with Gasteiger partial charge < -0.3 is 19.7 Å². The number of urea groups is 1. The first kappa shape index (κ1) is 23.9. The van der Waals surface area contributed by atoms with E-state index >= 15 is 0 Å². The number of nitrogens with zero attached hydrogens (tertiary/aromatic N) is 3. The van der Waals surface area contributed by atoms with Gasteiger partial charge in [-0.25, -0.2) is 4.79 Å².